The number of rotatable bonds is 3. The second-order valence-corrected chi connectivity index (χ2v) is 5.44. The second kappa shape index (κ2) is 5.79. The van der Waals surface area contributed by atoms with Gasteiger partial charge < -0.3 is 10.0 Å². The average molecular weight is 318 g/mol. The monoisotopic (exact) mass is 318 g/mol. The molecule has 8 heteroatoms. The first-order valence-corrected chi connectivity index (χ1v) is 7.17. The van der Waals surface area contributed by atoms with Crippen LogP contribution in [0.25, 0.3) is 0 Å². The molecule has 0 atom stereocenters. The van der Waals surface area contributed by atoms with Crippen LogP contribution in [0.1, 0.15) is 23.2 Å². The maximum atomic E-state index is 13.7. The zero-order chi connectivity index (χ0) is 16.4. The van der Waals surface area contributed by atoms with Crippen LogP contribution in [-0.2, 0) is 10.3 Å². The van der Waals surface area contributed by atoms with Crippen molar-refractivity contribution in [1.29, 1.82) is 0 Å². The van der Waals surface area contributed by atoms with Crippen LogP contribution in [0.3, 0.4) is 0 Å². The second-order valence-electron chi connectivity index (χ2n) is 5.44. The SMILES string of the molecule is O=C(c1ccncc1F)N1CCC(C(=O)O)(n2cccn2)CC1. The molecule has 0 aliphatic carbocycles. The minimum absolute atomic E-state index is 0.0538. The number of carboxylic acid groups (broad SMARTS) is 1. The number of carboxylic acids is 1. The molecule has 0 spiro atoms. The van der Waals surface area contributed by atoms with Crippen molar-refractivity contribution >= 4 is 11.9 Å². The summed E-state index contributed by atoms with van der Waals surface area (Å²) in [7, 11) is 0. The van der Waals surface area contributed by atoms with E-state index in [0.717, 1.165) is 6.20 Å². The van der Waals surface area contributed by atoms with E-state index in [-0.39, 0.29) is 31.5 Å². The van der Waals surface area contributed by atoms with Gasteiger partial charge in [-0.15, -0.1) is 0 Å². The van der Waals surface area contributed by atoms with Gasteiger partial charge in [0.25, 0.3) is 5.91 Å². The van der Waals surface area contributed by atoms with Crippen LogP contribution >= 0.6 is 0 Å². The smallest absolute Gasteiger partial charge is 0.331 e. The summed E-state index contributed by atoms with van der Waals surface area (Å²) in [6.07, 6.45) is 5.89. The molecule has 1 aliphatic heterocycles. The fraction of sp³-hybridized carbons (Fsp3) is 0.333. The molecule has 1 N–H and O–H groups in total. The predicted octanol–water partition coefficient (Wildman–Crippen LogP) is 1.13. The molecule has 0 aromatic carbocycles. The number of aliphatic carboxylic acids is 1. The summed E-state index contributed by atoms with van der Waals surface area (Å²) >= 11 is 0. The van der Waals surface area contributed by atoms with Crippen molar-refractivity contribution in [2.24, 2.45) is 0 Å². The van der Waals surface area contributed by atoms with E-state index < -0.39 is 23.2 Å². The minimum atomic E-state index is -1.17. The van der Waals surface area contributed by atoms with Gasteiger partial charge in [0.05, 0.1) is 11.8 Å². The molecule has 7 nitrogen and oxygen atoms in total. The number of nitrogens with zero attached hydrogens (tertiary/aromatic N) is 4. The first-order chi connectivity index (χ1) is 11.0. The van der Waals surface area contributed by atoms with Gasteiger partial charge in [-0.25, -0.2) is 9.18 Å². The van der Waals surface area contributed by atoms with Crippen molar-refractivity contribution in [2.75, 3.05) is 13.1 Å². The number of likely N-dealkylation sites (tertiary alicyclic amines) is 1. The van der Waals surface area contributed by atoms with Gasteiger partial charge in [-0.3, -0.25) is 14.5 Å². The third-order valence-corrected chi connectivity index (χ3v) is 4.22. The molecule has 2 aromatic rings. The molecule has 1 fully saturated rings. The number of pyridine rings is 1. The maximum Gasteiger partial charge on any atom is 0.331 e. The van der Waals surface area contributed by atoms with Crippen LogP contribution in [0.4, 0.5) is 4.39 Å². The Morgan fingerprint density at radius 2 is 2.00 bits per heavy atom. The molecule has 3 heterocycles. The van der Waals surface area contributed by atoms with E-state index in [1.165, 1.54) is 28.0 Å². The van der Waals surface area contributed by atoms with Gasteiger partial charge >= 0.3 is 5.97 Å². The van der Waals surface area contributed by atoms with Gasteiger partial charge in [0, 0.05) is 44.5 Å². The van der Waals surface area contributed by atoms with Gasteiger partial charge in [0.15, 0.2) is 11.4 Å². The number of hydrogen-bond donors (Lipinski definition) is 1. The highest BCUT2D eigenvalue weighted by Gasteiger charge is 2.44. The lowest BCUT2D eigenvalue weighted by atomic mass is 9.87. The number of aromatic nitrogens is 3. The molecule has 0 unspecified atom stereocenters. The Morgan fingerprint density at radius 1 is 1.26 bits per heavy atom. The highest BCUT2D eigenvalue weighted by atomic mass is 19.1. The Morgan fingerprint density at radius 3 is 2.57 bits per heavy atom. The highest BCUT2D eigenvalue weighted by Crippen LogP contribution is 2.30. The van der Waals surface area contributed by atoms with Gasteiger partial charge in [-0.1, -0.05) is 0 Å². The fourth-order valence-corrected chi connectivity index (χ4v) is 2.86. The van der Waals surface area contributed by atoms with Gasteiger partial charge in [-0.2, -0.15) is 5.10 Å². The van der Waals surface area contributed by atoms with Crippen molar-refractivity contribution < 1.29 is 19.1 Å². The van der Waals surface area contributed by atoms with E-state index in [4.69, 9.17) is 0 Å². The number of carbonyl (C=O) groups excluding carboxylic acids is 1. The van der Waals surface area contributed by atoms with Crippen LogP contribution in [0, 0.1) is 5.82 Å². The first kappa shape index (κ1) is 15.1. The Balaban J connectivity index is 1.79. The van der Waals surface area contributed by atoms with Crippen molar-refractivity contribution in [2.45, 2.75) is 18.4 Å². The van der Waals surface area contributed by atoms with Crippen LogP contribution < -0.4 is 0 Å². The van der Waals surface area contributed by atoms with Gasteiger partial charge in [0.2, 0.25) is 0 Å². The Kier molecular flexibility index (Phi) is 3.81. The number of piperidine rings is 1. The number of halogens is 1. The predicted molar refractivity (Wildman–Crippen MR) is 77.2 cm³/mol. The quantitative estimate of drug-likeness (QED) is 0.916. The van der Waals surface area contributed by atoms with Crippen LogP contribution in [-0.4, -0.2) is 49.7 Å². The molecule has 120 valence electrons. The molecule has 1 aliphatic rings. The highest BCUT2D eigenvalue weighted by molar-refractivity contribution is 5.94. The molecule has 0 bridgehead atoms. The van der Waals surface area contributed by atoms with E-state index in [9.17, 15) is 19.1 Å². The normalized spacial score (nSPS) is 17.0. The largest absolute Gasteiger partial charge is 0.479 e. The molecule has 23 heavy (non-hydrogen) atoms. The third-order valence-electron chi connectivity index (χ3n) is 4.22. The molecule has 3 rings (SSSR count). The van der Waals surface area contributed by atoms with E-state index >= 15 is 0 Å². The first-order valence-electron chi connectivity index (χ1n) is 7.17. The molecular formula is C15H15FN4O3. The fourth-order valence-electron chi connectivity index (χ4n) is 2.86. The maximum absolute atomic E-state index is 13.7. The minimum Gasteiger partial charge on any atom is -0.479 e. The average Bonchev–Trinajstić information content (AvgIpc) is 3.09. The van der Waals surface area contributed by atoms with E-state index in [1.807, 2.05) is 0 Å². The van der Waals surface area contributed by atoms with Crippen LogP contribution in [0.15, 0.2) is 36.9 Å². The standard InChI is InChI=1S/C15H15FN4O3/c16-12-10-17-6-2-11(12)13(21)19-8-3-15(4-9-19,14(22)23)20-7-1-5-18-20/h1-2,5-7,10H,3-4,8-9H2,(H,22,23). The van der Waals surface area contributed by atoms with Crippen molar-refractivity contribution in [3.63, 3.8) is 0 Å². The Bertz CT molecular complexity index is 724. The van der Waals surface area contributed by atoms with Crippen LogP contribution in [0.5, 0.6) is 0 Å². The molecule has 2 aromatic heterocycles. The van der Waals surface area contributed by atoms with Crippen molar-refractivity contribution in [3.8, 4) is 0 Å². The lowest BCUT2D eigenvalue weighted by molar-refractivity contribution is -0.150. The molecule has 1 saturated heterocycles. The summed E-state index contributed by atoms with van der Waals surface area (Å²) in [6, 6.07) is 2.98. The van der Waals surface area contributed by atoms with Crippen LogP contribution in [0.2, 0.25) is 0 Å². The van der Waals surface area contributed by atoms with Crippen molar-refractivity contribution in [1.82, 2.24) is 19.7 Å². The van der Waals surface area contributed by atoms with E-state index in [1.54, 1.807) is 12.3 Å². The summed E-state index contributed by atoms with van der Waals surface area (Å²) < 4.78 is 15.1. The zero-order valence-corrected chi connectivity index (χ0v) is 12.2. The molecule has 0 radical (unpaired) electrons. The van der Waals surface area contributed by atoms with Gasteiger partial charge in [0.1, 0.15) is 0 Å². The summed E-state index contributed by atoms with van der Waals surface area (Å²) in [5, 5.41) is 13.7. The number of hydrogen-bond acceptors (Lipinski definition) is 4. The van der Waals surface area contributed by atoms with E-state index in [0.29, 0.717) is 0 Å². The molecule has 0 saturated carbocycles. The number of carbonyl (C=O) groups is 2. The summed E-state index contributed by atoms with van der Waals surface area (Å²) in [4.78, 5) is 29.2. The summed E-state index contributed by atoms with van der Waals surface area (Å²) in [6.45, 7) is 0.430. The molecule has 1 amide bonds. The number of amides is 1. The zero-order valence-electron chi connectivity index (χ0n) is 12.2. The summed E-state index contributed by atoms with van der Waals surface area (Å²) in [5.74, 6) is -2.12. The lowest BCUT2D eigenvalue weighted by Crippen LogP contribution is -2.52. The van der Waals surface area contributed by atoms with Crippen molar-refractivity contribution in [3.05, 3.63) is 48.3 Å². The lowest BCUT2D eigenvalue weighted by Gasteiger charge is -2.38. The summed E-state index contributed by atoms with van der Waals surface area (Å²) in [5.41, 5.74) is -1.22. The third kappa shape index (κ3) is 2.56. The van der Waals surface area contributed by atoms with E-state index in [2.05, 4.69) is 10.1 Å². The topological polar surface area (TPSA) is 88.3 Å². The van der Waals surface area contributed by atoms with Gasteiger partial charge in [-0.05, 0) is 12.1 Å². The Hall–Kier alpha value is -2.77. The Labute approximate surface area is 131 Å². The molecular weight excluding hydrogens is 303 g/mol.